The van der Waals surface area contributed by atoms with E-state index in [1.807, 2.05) is 6.92 Å². The fourth-order valence-electron chi connectivity index (χ4n) is 2.94. The van der Waals surface area contributed by atoms with Crippen LogP contribution in [-0.4, -0.2) is 48.6 Å². The van der Waals surface area contributed by atoms with Gasteiger partial charge in [0.05, 0.1) is 5.94 Å². The molecule has 8 nitrogen and oxygen atoms in total. The summed E-state index contributed by atoms with van der Waals surface area (Å²) in [6.07, 6.45) is 0.840. The van der Waals surface area contributed by atoms with E-state index in [-0.39, 0.29) is 24.2 Å². The van der Waals surface area contributed by atoms with Crippen molar-refractivity contribution < 1.29 is 42.3 Å². The average Bonchev–Trinajstić information content (AvgIpc) is 2.70. The molecule has 0 spiro atoms. The molecule has 11 heteroatoms. The van der Waals surface area contributed by atoms with Gasteiger partial charge in [-0.15, -0.1) is 0 Å². The van der Waals surface area contributed by atoms with Crippen LogP contribution in [0.1, 0.15) is 61.9 Å². The number of esters is 2. The highest BCUT2D eigenvalue weighted by molar-refractivity contribution is 6.47. The zero-order valence-corrected chi connectivity index (χ0v) is 17.5. The van der Waals surface area contributed by atoms with Crippen LogP contribution in [0.4, 0.5) is 8.78 Å². The van der Waals surface area contributed by atoms with Crippen LogP contribution in [0.25, 0.3) is 0 Å². The van der Waals surface area contributed by atoms with Crippen molar-refractivity contribution in [2.24, 2.45) is 0 Å². The fraction of sp³-hybridized carbons (Fsp3) is 0.550. The molecule has 2 N–H and O–H groups in total. The van der Waals surface area contributed by atoms with Gasteiger partial charge in [0.1, 0.15) is 11.3 Å². The van der Waals surface area contributed by atoms with Gasteiger partial charge in [-0.2, -0.15) is 0 Å². The smallest absolute Gasteiger partial charge is 0.534 e. The summed E-state index contributed by atoms with van der Waals surface area (Å²) >= 11 is 0. The van der Waals surface area contributed by atoms with E-state index in [1.54, 1.807) is 12.1 Å². The molecule has 1 heterocycles. The van der Waals surface area contributed by atoms with Gasteiger partial charge in [0.25, 0.3) is 0 Å². The molecule has 1 aromatic carbocycles. The molecule has 2 rings (SSSR count). The Kier molecular flexibility index (Phi) is 8.79. The maximum absolute atomic E-state index is 12.9. The predicted octanol–water partition coefficient (Wildman–Crippen LogP) is 2.41. The first-order valence-electron chi connectivity index (χ1n) is 10.1. The first kappa shape index (κ1) is 24.6. The standard InChI is InChI=1S/C20H26BF2NO7/c1-3-4-8-17(26)29-12-30-19(27)14-7-5-6-13-11-15(21(28)31-18(13)14)24-16(25)9-10-20(2,22)23/h5-7,15,28H,3-4,8-12H2,1-2H3,(H,24,25)/t15-/m0/s1. The number of rotatable bonds is 10. The van der Waals surface area contributed by atoms with Gasteiger partial charge >= 0.3 is 19.1 Å². The van der Waals surface area contributed by atoms with Gasteiger partial charge in [0.15, 0.2) is 0 Å². The molecule has 1 aromatic rings. The van der Waals surface area contributed by atoms with E-state index in [0.29, 0.717) is 12.0 Å². The van der Waals surface area contributed by atoms with Crippen molar-refractivity contribution in [2.45, 2.75) is 64.2 Å². The number of carbonyl (C=O) groups is 3. The lowest BCUT2D eigenvalue weighted by Gasteiger charge is -2.29. The van der Waals surface area contributed by atoms with Gasteiger partial charge in [-0.25, -0.2) is 13.6 Å². The quantitative estimate of drug-likeness (QED) is 0.326. The third-order valence-electron chi connectivity index (χ3n) is 4.62. The zero-order valence-electron chi connectivity index (χ0n) is 17.5. The van der Waals surface area contributed by atoms with Crippen molar-refractivity contribution in [3.05, 3.63) is 29.3 Å². The van der Waals surface area contributed by atoms with Gasteiger partial charge in [0.2, 0.25) is 18.6 Å². The van der Waals surface area contributed by atoms with E-state index in [4.69, 9.17) is 14.1 Å². The second kappa shape index (κ2) is 11.1. The first-order chi connectivity index (χ1) is 14.6. The Morgan fingerprint density at radius 3 is 2.71 bits per heavy atom. The summed E-state index contributed by atoms with van der Waals surface area (Å²) in [5, 5.41) is 12.7. The van der Waals surface area contributed by atoms with E-state index in [2.05, 4.69) is 5.32 Å². The Labute approximate surface area is 179 Å². The Morgan fingerprint density at radius 1 is 1.29 bits per heavy atom. The highest BCUT2D eigenvalue weighted by Crippen LogP contribution is 2.30. The van der Waals surface area contributed by atoms with Crippen LogP contribution in [0, 0.1) is 0 Å². The number of benzene rings is 1. The summed E-state index contributed by atoms with van der Waals surface area (Å²) in [7, 11) is -1.49. The number of amides is 1. The summed E-state index contributed by atoms with van der Waals surface area (Å²) in [5.74, 6) is -5.67. The number of nitrogens with one attached hydrogen (secondary N) is 1. The van der Waals surface area contributed by atoms with Gasteiger partial charge in [-0.3, -0.25) is 9.59 Å². The lowest BCUT2D eigenvalue weighted by molar-refractivity contribution is -0.152. The molecule has 0 saturated heterocycles. The van der Waals surface area contributed by atoms with Crippen LogP contribution >= 0.6 is 0 Å². The number of hydrogen-bond donors (Lipinski definition) is 2. The summed E-state index contributed by atoms with van der Waals surface area (Å²) in [4.78, 5) is 35.7. The average molecular weight is 441 g/mol. The Bertz CT molecular complexity index is 800. The molecule has 170 valence electrons. The topological polar surface area (TPSA) is 111 Å². The third-order valence-corrected chi connectivity index (χ3v) is 4.62. The van der Waals surface area contributed by atoms with E-state index in [1.165, 1.54) is 6.07 Å². The van der Waals surface area contributed by atoms with Gasteiger partial charge in [-0.1, -0.05) is 25.5 Å². The van der Waals surface area contributed by atoms with E-state index >= 15 is 0 Å². The van der Waals surface area contributed by atoms with Crippen LogP contribution in [0.5, 0.6) is 5.75 Å². The van der Waals surface area contributed by atoms with Crippen LogP contribution in [0.3, 0.4) is 0 Å². The maximum atomic E-state index is 12.9. The van der Waals surface area contributed by atoms with Crippen molar-refractivity contribution in [3.63, 3.8) is 0 Å². The molecule has 0 aliphatic carbocycles. The number of unbranched alkanes of at least 4 members (excludes halogenated alkanes) is 1. The maximum Gasteiger partial charge on any atom is 0.547 e. The predicted molar refractivity (Wildman–Crippen MR) is 106 cm³/mol. The molecule has 0 radical (unpaired) electrons. The van der Waals surface area contributed by atoms with E-state index < -0.39 is 56.5 Å². The number of para-hydroxylation sites is 1. The number of hydrogen-bond acceptors (Lipinski definition) is 7. The summed E-state index contributed by atoms with van der Waals surface area (Å²) in [6.45, 7) is 2.11. The minimum absolute atomic E-state index is 0.0246. The second-order valence-corrected chi connectivity index (χ2v) is 7.42. The normalized spacial score (nSPS) is 15.5. The minimum atomic E-state index is -2.97. The Morgan fingerprint density at radius 2 is 2.03 bits per heavy atom. The highest BCUT2D eigenvalue weighted by Gasteiger charge is 2.38. The molecule has 0 bridgehead atoms. The van der Waals surface area contributed by atoms with E-state index in [0.717, 1.165) is 13.3 Å². The molecule has 0 fully saturated rings. The summed E-state index contributed by atoms with van der Waals surface area (Å²) < 4.78 is 41.0. The molecule has 0 unspecified atom stereocenters. The SMILES string of the molecule is CCCCC(=O)OCOC(=O)c1cccc2c1OB(O)[C@@H](NC(=O)CCC(C)(F)F)C2. The van der Waals surface area contributed by atoms with Gasteiger partial charge < -0.3 is 24.5 Å². The molecule has 1 atom stereocenters. The number of ether oxygens (including phenoxy) is 2. The molecule has 0 aromatic heterocycles. The monoisotopic (exact) mass is 441 g/mol. The minimum Gasteiger partial charge on any atom is -0.534 e. The van der Waals surface area contributed by atoms with Crippen molar-refractivity contribution in [1.82, 2.24) is 5.32 Å². The lowest BCUT2D eigenvalue weighted by atomic mass is 9.72. The number of fused-ring (bicyclic) bond motifs is 1. The lowest BCUT2D eigenvalue weighted by Crippen LogP contribution is -2.53. The summed E-state index contributed by atoms with van der Waals surface area (Å²) in [5.41, 5.74) is 0.544. The summed E-state index contributed by atoms with van der Waals surface area (Å²) in [6, 6.07) is 4.64. The van der Waals surface area contributed by atoms with Crippen molar-refractivity contribution in [3.8, 4) is 5.75 Å². The highest BCUT2D eigenvalue weighted by atomic mass is 19.3. The largest absolute Gasteiger partial charge is 0.547 e. The van der Waals surface area contributed by atoms with Crippen LogP contribution < -0.4 is 9.97 Å². The molecular formula is C20H26BF2NO7. The second-order valence-electron chi connectivity index (χ2n) is 7.42. The number of halogens is 2. The van der Waals surface area contributed by atoms with Gasteiger partial charge in [-0.05, 0) is 31.4 Å². The molecule has 31 heavy (non-hydrogen) atoms. The number of carbonyl (C=O) groups excluding carboxylic acids is 3. The molecule has 1 aliphatic heterocycles. The van der Waals surface area contributed by atoms with E-state index in [9.17, 15) is 28.2 Å². The Balaban J connectivity index is 1.96. The molecule has 1 aliphatic rings. The molecule has 1 amide bonds. The third kappa shape index (κ3) is 7.82. The van der Waals surface area contributed by atoms with Gasteiger partial charge in [0, 0.05) is 19.3 Å². The van der Waals surface area contributed by atoms with Crippen molar-refractivity contribution >= 4 is 25.0 Å². The zero-order chi connectivity index (χ0) is 23.0. The van der Waals surface area contributed by atoms with Crippen LogP contribution in [-0.2, 0) is 25.5 Å². The van der Waals surface area contributed by atoms with Crippen molar-refractivity contribution in [2.75, 3.05) is 6.79 Å². The van der Waals surface area contributed by atoms with Crippen molar-refractivity contribution in [1.29, 1.82) is 0 Å². The molecule has 0 saturated carbocycles. The van der Waals surface area contributed by atoms with Crippen LogP contribution in [0.15, 0.2) is 18.2 Å². The van der Waals surface area contributed by atoms with Crippen LogP contribution in [0.2, 0.25) is 0 Å². The number of alkyl halides is 2. The first-order valence-corrected chi connectivity index (χ1v) is 10.1. The molecular weight excluding hydrogens is 415 g/mol. The fourth-order valence-corrected chi connectivity index (χ4v) is 2.94. The Hall–Kier alpha value is -2.69.